The molecule has 0 aliphatic carbocycles. The van der Waals surface area contributed by atoms with Crippen LogP contribution in [-0.4, -0.2) is 35.0 Å². The van der Waals surface area contributed by atoms with Gasteiger partial charge < -0.3 is 14.1 Å². The second-order valence-corrected chi connectivity index (χ2v) is 10.4. The first kappa shape index (κ1) is 22.4. The van der Waals surface area contributed by atoms with Crippen molar-refractivity contribution in [1.29, 1.82) is 0 Å². The van der Waals surface area contributed by atoms with Gasteiger partial charge in [0, 0.05) is 28.4 Å². The maximum absolute atomic E-state index is 13.4. The molecule has 1 unspecified atom stereocenters. The number of nitrogens with zero attached hydrogens (tertiary/aromatic N) is 2. The Morgan fingerprint density at radius 2 is 1.44 bits per heavy atom. The molecule has 0 radical (unpaired) electrons. The number of sulfonamides is 1. The average molecular weight is 475 g/mol. The first-order valence-electron chi connectivity index (χ1n) is 11.2. The predicted molar refractivity (Wildman–Crippen MR) is 134 cm³/mol. The minimum absolute atomic E-state index is 0.0449. The molecule has 5 aromatic rings. The number of fused-ring (bicyclic) bond motifs is 3. The average Bonchev–Trinajstić information content (AvgIpc) is 3.46. The second-order valence-electron chi connectivity index (χ2n) is 8.41. The summed E-state index contributed by atoms with van der Waals surface area (Å²) in [5.74, 6) is 0.386. The van der Waals surface area contributed by atoms with Crippen molar-refractivity contribution in [3.8, 4) is 0 Å². The highest BCUT2D eigenvalue weighted by Crippen LogP contribution is 2.29. The van der Waals surface area contributed by atoms with Gasteiger partial charge in [-0.25, -0.2) is 8.42 Å². The minimum atomic E-state index is -3.71. The van der Waals surface area contributed by atoms with Crippen LogP contribution in [0.25, 0.3) is 21.8 Å². The lowest BCUT2D eigenvalue weighted by atomic mass is 10.2. The van der Waals surface area contributed by atoms with Gasteiger partial charge in [-0.1, -0.05) is 66.7 Å². The number of aliphatic hydroxyl groups is 1. The van der Waals surface area contributed by atoms with E-state index < -0.39 is 16.1 Å². The molecule has 0 saturated carbocycles. The Hall–Kier alpha value is -3.39. The molecule has 0 aliphatic rings. The molecular weight excluding hydrogens is 448 g/mol. The normalized spacial score (nSPS) is 13.1. The number of hydrogen-bond donors (Lipinski definition) is 1. The van der Waals surface area contributed by atoms with Crippen LogP contribution >= 0.6 is 0 Å². The molecule has 0 fully saturated rings. The van der Waals surface area contributed by atoms with E-state index in [1.165, 1.54) is 10.6 Å². The van der Waals surface area contributed by atoms with Crippen LogP contribution in [0.3, 0.4) is 0 Å². The summed E-state index contributed by atoms with van der Waals surface area (Å²) in [4.78, 5) is 0. The Bertz CT molecular complexity index is 1440. The van der Waals surface area contributed by atoms with Gasteiger partial charge >= 0.3 is 0 Å². The van der Waals surface area contributed by atoms with Crippen LogP contribution in [0.1, 0.15) is 11.3 Å². The molecule has 34 heavy (non-hydrogen) atoms. The highest BCUT2D eigenvalue weighted by Gasteiger charge is 2.27. The van der Waals surface area contributed by atoms with Crippen molar-refractivity contribution in [2.24, 2.45) is 0 Å². The first-order chi connectivity index (χ1) is 16.5. The standard InChI is InChI=1S/C27H26N2O4S/c30-22(18-29-26-14-6-4-12-24(26)25-13-5-7-15-27(25)29)17-28(19-23-11-8-16-33-23)34(31,32)20-21-9-2-1-3-10-21/h1-16,22,30H,17-20H2. The number of hydrogen-bond acceptors (Lipinski definition) is 4. The van der Waals surface area contributed by atoms with Crippen LogP contribution < -0.4 is 0 Å². The Morgan fingerprint density at radius 1 is 0.824 bits per heavy atom. The molecule has 0 aliphatic heterocycles. The number of benzene rings is 3. The zero-order valence-corrected chi connectivity index (χ0v) is 19.4. The molecule has 2 heterocycles. The lowest BCUT2D eigenvalue weighted by Gasteiger charge is -2.25. The van der Waals surface area contributed by atoms with E-state index in [4.69, 9.17) is 4.42 Å². The first-order valence-corrected chi connectivity index (χ1v) is 12.8. The third-order valence-corrected chi connectivity index (χ3v) is 7.75. The van der Waals surface area contributed by atoms with Gasteiger partial charge in [0.1, 0.15) is 5.76 Å². The molecule has 2 aromatic heterocycles. The van der Waals surface area contributed by atoms with Crippen molar-refractivity contribution in [2.75, 3.05) is 6.54 Å². The fourth-order valence-corrected chi connectivity index (χ4v) is 5.95. The van der Waals surface area contributed by atoms with Gasteiger partial charge in [-0.15, -0.1) is 0 Å². The van der Waals surface area contributed by atoms with Crippen LogP contribution in [0.5, 0.6) is 0 Å². The smallest absolute Gasteiger partial charge is 0.218 e. The Labute approximate surface area is 198 Å². The van der Waals surface area contributed by atoms with Gasteiger partial charge in [0.2, 0.25) is 10.0 Å². The van der Waals surface area contributed by atoms with Gasteiger partial charge in [-0.05, 0) is 29.8 Å². The highest BCUT2D eigenvalue weighted by molar-refractivity contribution is 7.88. The number of furan rings is 1. The van der Waals surface area contributed by atoms with Crippen molar-refractivity contribution in [3.63, 3.8) is 0 Å². The molecule has 1 atom stereocenters. The lowest BCUT2D eigenvalue weighted by Crippen LogP contribution is -2.39. The third kappa shape index (κ3) is 4.63. The number of rotatable bonds is 9. The molecule has 7 heteroatoms. The van der Waals surface area contributed by atoms with Crippen LogP contribution in [0.4, 0.5) is 0 Å². The van der Waals surface area contributed by atoms with Crippen molar-refractivity contribution in [1.82, 2.24) is 8.87 Å². The van der Waals surface area contributed by atoms with Gasteiger partial charge in [0.25, 0.3) is 0 Å². The Kier molecular flexibility index (Phi) is 6.24. The summed E-state index contributed by atoms with van der Waals surface area (Å²) in [6.07, 6.45) is 0.603. The molecule has 3 aromatic carbocycles. The van der Waals surface area contributed by atoms with Crippen molar-refractivity contribution in [3.05, 3.63) is 109 Å². The number of aliphatic hydroxyl groups excluding tert-OH is 1. The molecule has 0 saturated heterocycles. The molecular formula is C27H26N2O4S. The van der Waals surface area contributed by atoms with E-state index in [2.05, 4.69) is 16.7 Å². The van der Waals surface area contributed by atoms with Gasteiger partial charge in [-0.2, -0.15) is 4.31 Å². The maximum Gasteiger partial charge on any atom is 0.218 e. The van der Waals surface area contributed by atoms with E-state index in [0.29, 0.717) is 11.3 Å². The van der Waals surface area contributed by atoms with E-state index in [1.807, 2.05) is 54.6 Å². The van der Waals surface area contributed by atoms with Crippen molar-refractivity contribution < 1.29 is 17.9 Å². The summed E-state index contributed by atoms with van der Waals surface area (Å²) in [7, 11) is -3.71. The molecule has 0 amide bonds. The third-order valence-electron chi connectivity index (χ3n) is 5.99. The van der Waals surface area contributed by atoms with Gasteiger partial charge in [0.15, 0.2) is 0 Å². The SMILES string of the molecule is O=S(=O)(Cc1ccccc1)N(Cc1ccco1)CC(O)Cn1c2ccccc2c2ccccc21. The van der Waals surface area contributed by atoms with E-state index >= 15 is 0 Å². The fourth-order valence-electron chi connectivity index (χ4n) is 4.43. The lowest BCUT2D eigenvalue weighted by molar-refractivity contribution is 0.126. The second kappa shape index (κ2) is 9.46. The molecule has 0 spiro atoms. The largest absolute Gasteiger partial charge is 0.468 e. The Balaban J connectivity index is 1.43. The highest BCUT2D eigenvalue weighted by atomic mass is 32.2. The summed E-state index contributed by atoms with van der Waals surface area (Å²) < 4.78 is 35.5. The maximum atomic E-state index is 13.4. The van der Waals surface area contributed by atoms with E-state index in [0.717, 1.165) is 21.8 Å². The van der Waals surface area contributed by atoms with Crippen LogP contribution in [0.15, 0.2) is 102 Å². The summed E-state index contributed by atoms with van der Waals surface area (Å²) in [6, 6.07) is 28.6. The summed E-state index contributed by atoms with van der Waals surface area (Å²) in [5, 5.41) is 13.3. The molecule has 1 N–H and O–H groups in total. The van der Waals surface area contributed by atoms with E-state index in [1.54, 1.807) is 24.3 Å². The van der Waals surface area contributed by atoms with Gasteiger partial charge in [-0.3, -0.25) is 0 Å². The fraction of sp³-hybridized carbons (Fsp3) is 0.185. The number of aromatic nitrogens is 1. The zero-order valence-electron chi connectivity index (χ0n) is 18.6. The van der Waals surface area contributed by atoms with Crippen molar-refractivity contribution >= 4 is 31.8 Å². The van der Waals surface area contributed by atoms with E-state index in [-0.39, 0.29) is 25.4 Å². The molecule has 174 valence electrons. The van der Waals surface area contributed by atoms with Gasteiger partial charge in [0.05, 0.1) is 31.2 Å². The zero-order chi connectivity index (χ0) is 23.5. The summed E-state index contributed by atoms with van der Waals surface area (Å²) in [5.41, 5.74) is 2.71. The van der Waals surface area contributed by atoms with Crippen molar-refractivity contribution in [2.45, 2.75) is 24.9 Å². The molecule has 5 rings (SSSR count). The molecule has 6 nitrogen and oxygen atoms in total. The quantitative estimate of drug-likeness (QED) is 0.334. The summed E-state index contributed by atoms with van der Waals surface area (Å²) >= 11 is 0. The molecule has 0 bridgehead atoms. The Morgan fingerprint density at radius 3 is 2.06 bits per heavy atom. The summed E-state index contributed by atoms with van der Waals surface area (Å²) in [6.45, 7) is 0.284. The van der Waals surface area contributed by atoms with Crippen LogP contribution in [-0.2, 0) is 28.9 Å². The minimum Gasteiger partial charge on any atom is -0.468 e. The monoisotopic (exact) mass is 474 g/mol. The number of para-hydroxylation sites is 2. The van der Waals surface area contributed by atoms with Crippen LogP contribution in [0.2, 0.25) is 0 Å². The predicted octanol–water partition coefficient (Wildman–Crippen LogP) is 4.78. The van der Waals surface area contributed by atoms with Crippen LogP contribution in [0, 0.1) is 0 Å². The topological polar surface area (TPSA) is 75.7 Å². The van der Waals surface area contributed by atoms with E-state index in [9.17, 15) is 13.5 Å².